The van der Waals surface area contributed by atoms with E-state index in [0.717, 1.165) is 29.5 Å². The first-order chi connectivity index (χ1) is 9.79. The van der Waals surface area contributed by atoms with Crippen LogP contribution in [0.25, 0.3) is 11.1 Å². The molecule has 1 N–H and O–H groups in total. The predicted octanol–water partition coefficient (Wildman–Crippen LogP) is 4.07. The van der Waals surface area contributed by atoms with Crippen molar-refractivity contribution in [3.05, 3.63) is 59.4 Å². The van der Waals surface area contributed by atoms with E-state index in [2.05, 4.69) is 10.3 Å². The number of aryl methyl sites for hydroxylation is 1. The number of nitrogens with zero attached hydrogens (tertiary/aromatic N) is 1. The maximum atomic E-state index is 13.4. The average molecular weight is 268 g/mol. The van der Waals surface area contributed by atoms with Crippen LogP contribution in [0.2, 0.25) is 0 Å². The molecule has 3 nitrogen and oxygen atoms in total. The van der Waals surface area contributed by atoms with Crippen molar-refractivity contribution in [3.8, 4) is 0 Å². The molecule has 1 aliphatic carbocycles. The van der Waals surface area contributed by atoms with Gasteiger partial charge in [0, 0.05) is 0 Å². The Balaban J connectivity index is 1.66. The van der Waals surface area contributed by atoms with Crippen LogP contribution in [-0.4, -0.2) is 4.98 Å². The Hall–Kier alpha value is -2.36. The number of nitrogens with one attached hydrogen (secondary N) is 1. The summed E-state index contributed by atoms with van der Waals surface area (Å²) in [5, 5.41) is 3.27. The summed E-state index contributed by atoms with van der Waals surface area (Å²) in [5.74, 6) is -0.199. The van der Waals surface area contributed by atoms with Crippen molar-refractivity contribution in [2.45, 2.75) is 18.9 Å². The van der Waals surface area contributed by atoms with Crippen LogP contribution in [0, 0.1) is 5.82 Å². The number of halogens is 1. The molecule has 3 aromatic rings. The zero-order chi connectivity index (χ0) is 13.5. The third kappa shape index (κ3) is 1.84. The molecule has 0 bridgehead atoms. The number of benzene rings is 2. The lowest BCUT2D eigenvalue weighted by Crippen LogP contribution is -2.07. The number of hydrogen-bond acceptors (Lipinski definition) is 3. The topological polar surface area (TPSA) is 38.1 Å². The number of rotatable bonds is 2. The summed E-state index contributed by atoms with van der Waals surface area (Å²) >= 11 is 0. The molecule has 0 radical (unpaired) electrons. The quantitative estimate of drug-likeness (QED) is 0.761. The fraction of sp³-hybridized carbons (Fsp3) is 0.188. The maximum absolute atomic E-state index is 13.4. The van der Waals surface area contributed by atoms with E-state index in [1.807, 2.05) is 30.3 Å². The van der Waals surface area contributed by atoms with Gasteiger partial charge in [-0.25, -0.2) is 4.39 Å². The second kappa shape index (κ2) is 4.34. The van der Waals surface area contributed by atoms with E-state index in [1.165, 1.54) is 11.6 Å². The van der Waals surface area contributed by atoms with E-state index >= 15 is 0 Å². The standard InChI is InChI=1S/C16H13FN2O/c17-11-7-5-10-6-8-13(12(10)9-11)18-16-19-14-3-1-2-4-15(14)20-16/h1-5,7,9,13H,6,8H2,(H,18,19). The van der Waals surface area contributed by atoms with Crippen molar-refractivity contribution < 1.29 is 8.81 Å². The van der Waals surface area contributed by atoms with Gasteiger partial charge in [-0.05, 0) is 48.2 Å². The summed E-state index contributed by atoms with van der Waals surface area (Å²) < 4.78 is 19.0. The van der Waals surface area contributed by atoms with Gasteiger partial charge in [-0.1, -0.05) is 18.2 Å². The van der Waals surface area contributed by atoms with Crippen LogP contribution in [0.4, 0.5) is 10.4 Å². The minimum absolute atomic E-state index is 0.0637. The van der Waals surface area contributed by atoms with Crippen LogP contribution in [-0.2, 0) is 6.42 Å². The number of aromatic nitrogens is 1. The smallest absolute Gasteiger partial charge is 0.296 e. The van der Waals surface area contributed by atoms with E-state index in [1.54, 1.807) is 6.07 Å². The Labute approximate surface area is 115 Å². The summed E-state index contributed by atoms with van der Waals surface area (Å²) in [7, 11) is 0. The molecule has 1 aromatic heterocycles. The van der Waals surface area contributed by atoms with Gasteiger partial charge in [-0.2, -0.15) is 4.98 Å². The SMILES string of the molecule is Fc1ccc2c(c1)C(Nc1nc3ccccc3o1)CC2. The van der Waals surface area contributed by atoms with Crippen LogP contribution in [0.15, 0.2) is 46.9 Å². The molecule has 0 spiro atoms. The molecule has 0 fully saturated rings. The minimum atomic E-state index is -0.199. The number of para-hydroxylation sites is 2. The maximum Gasteiger partial charge on any atom is 0.296 e. The van der Waals surface area contributed by atoms with Crippen LogP contribution in [0.1, 0.15) is 23.6 Å². The van der Waals surface area contributed by atoms with Crippen LogP contribution >= 0.6 is 0 Å². The van der Waals surface area contributed by atoms with Crippen LogP contribution in [0.5, 0.6) is 0 Å². The Morgan fingerprint density at radius 2 is 2.10 bits per heavy atom. The molecule has 1 atom stereocenters. The number of fused-ring (bicyclic) bond motifs is 2. The molecular weight excluding hydrogens is 255 g/mol. The largest absolute Gasteiger partial charge is 0.424 e. The highest BCUT2D eigenvalue weighted by Gasteiger charge is 2.24. The van der Waals surface area contributed by atoms with Gasteiger partial charge in [0.1, 0.15) is 11.3 Å². The molecule has 0 saturated carbocycles. The molecule has 2 aromatic carbocycles. The summed E-state index contributed by atoms with van der Waals surface area (Å²) in [4.78, 5) is 4.40. The second-order valence-electron chi connectivity index (χ2n) is 5.07. The average Bonchev–Trinajstić information content (AvgIpc) is 3.03. The summed E-state index contributed by atoms with van der Waals surface area (Å²) in [6, 6.07) is 13.2. The summed E-state index contributed by atoms with van der Waals surface area (Å²) in [6.07, 6.45) is 1.88. The zero-order valence-corrected chi connectivity index (χ0v) is 10.8. The molecule has 0 amide bonds. The van der Waals surface area contributed by atoms with Gasteiger partial charge < -0.3 is 9.73 Å². The third-order valence-corrected chi connectivity index (χ3v) is 3.78. The summed E-state index contributed by atoms with van der Waals surface area (Å²) in [6.45, 7) is 0. The predicted molar refractivity (Wildman–Crippen MR) is 75.1 cm³/mol. The lowest BCUT2D eigenvalue weighted by atomic mass is 10.1. The third-order valence-electron chi connectivity index (χ3n) is 3.78. The highest BCUT2D eigenvalue weighted by Crippen LogP contribution is 2.34. The van der Waals surface area contributed by atoms with Crippen molar-refractivity contribution >= 4 is 17.1 Å². The number of anilines is 1. The Kier molecular flexibility index (Phi) is 2.49. The molecule has 1 unspecified atom stereocenters. The number of oxazole rings is 1. The highest BCUT2D eigenvalue weighted by atomic mass is 19.1. The van der Waals surface area contributed by atoms with Gasteiger partial charge in [-0.3, -0.25) is 0 Å². The summed E-state index contributed by atoms with van der Waals surface area (Å²) in [5.41, 5.74) is 3.78. The lowest BCUT2D eigenvalue weighted by Gasteiger charge is -2.11. The molecule has 4 heteroatoms. The Morgan fingerprint density at radius 1 is 1.20 bits per heavy atom. The van der Waals surface area contributed by atoms with E-state index in [4.69, 9.17) is 4.42 Å². The second-order valence-corrected chi connectivity index (χ2v) is 5.07. The van der Waals surface area contributed by atoms with Crippen molar-refractivity contribution in [2.75, 3.05) is 5.32 Å². The van der Waals surface area contributed by atoms with Gasteiger partial charge in [0.25, 0.3) is 6.01 Å². The van der Waals surface area contributed by atoms with Crippen LogP contribution < -0.4 is 5.32 Å². The molecule has 0 saturated heterocycles. The number of hydrogen-bond donors (Lipinski definition) is 1. The van der Waals surface area contributed by atoms with Gasteiger partial charge in [0.2, 0.25) is 0 Å². The first-order valence-corrected chi connectivity index (χ1v) is 6.70. The monoisotopic (exact) mass is 268 g/mol. The normalized spacial score (nSPS) is 17.4. The molecule has 100 valence electrons. The minimum Gasteiger partial charge on any atom is -0.424 e. The van der Waals surface area contributed by atoms with Gasteiger partial charge in [0.05, 0.1) is 6.04 Å². The Morgan fingerprint density at radius 3 is 3.00 bits per heavy atom. The first kappa shape index (κ1) is 11.5. The first-order valence-electron chi connectivity index (χ1n) is 6.70. The fourth-order valence-electron chi connectivity index (χ4n) is 2.81. The molecule has 20 heavy (non-hydrogen) atoms. The molecule has 0 aliphatic heterocycles. The zero-order valence-electron chi connectivity index (χ0n) is 10.8. The van der Waals surface area contributed by atoms with Gasteiger partial charge >= 0.3 is 0 Å². The lowest BCUT2D eigenvalue weighted by molar-refractivity contribution is 0.593. The highest BCUT2D eigenvalue weighted by molar-refractivity contribution is 5.74. The van der Waals surface area contributed by atoms with Crippen molar-refractivity contribution in [1.82, 2.24) is 4.98 Å². The fourth-order valence-corrected chi connectivity index (χ4v) is 2.81. The molecule has 1 aliphatic rings. The van der Waals surface area contributed by atoms with Crippen molar-refractivity contribution in [3.63, 3.8) is 0 Å². The van der Waals surface area contributed by atoms with Crippen molar-refractivity contribution in [1.29, 1.82) is 0 Å². The van der Waals surface area contributed by atoms with E-state index in [-0.39, 0.29) is 11.9 Å². The molecular formula is C16H13FN2O. The van der Waals surface area contributed by atoms with Crippen LogP contribution in [0.3, 0.4) is 0 Å². The van der Waals surface area contributed by atoms with Crippen molar-refractivity contribution in [2.24, 2.45) is 0 Å². The van der Waals surface area contributed by atoms with Gasteiger partial charge in [-0.15, -0.1) is 0 Å². The van der Waals surface area contributed by atoms with E-state index in [9.17, 15) is 4.39 Å². The molecule has 4 rings (SSSR count). The Bertz CT molecular complexity index is 748. The van der Waals surface area contributed by atoms with E-state index in [0.29, 0.717) is 6.01 Å². The molecule has 1 heterocycles. The van der Waals surface area contributed by atoms with E-state index < -0.39 is 0 Å². The van der Waals surface area contributed by atoms with Gasteiger partial charge in [0.15, 0.2) is 5.58 Å².